The van der Waals surface area contributed by atoms with E-state index in [9.17, 15) is 4.79 Å². The molecule has 154 valence electrons. The molecule has 0 atom stereocenters. The van der Waals surface area contributed by atoms with E-state index in [1.165, 1.54) is 24.0 Å². The fourth-order valence-electron chi connectivity index (χ4n) is 4.93. The molecule has 3 aliphatic rings. The zero-order valence-electron chi connectivity index (χ0n) is 17.3. The van der Waals surface area contributed by atoms with E-state index in [2.05, 4.69) is 33.1 Å². The van der Waals surface area contributed by atoms with Crippen LogP contribution in [0.15, 0.2) is 16.9 Å². The lowest BCUT2D eigenvalue weighted by molar-refractivity contribution is 0.308. The van der Waals surface area contributed by atoms with E-state index in [0.29, 0.717) is 5.92 Å². The van der Waals surface area contributed by atoms with Gasteiger partial charge in [-0.1, -0.05) is 0 Å². The Morgan fingerprint density at radius 3 is 2.66 bits per heavy atom. The Kier molecular flexibility index (Phi) is 5.08. The van der Waals surface area contributed by atoms with Crippen LogP contribution in [0.3, 0.4) is 0 Å². The van der Waals surface area contributed by atoms with E-state index < -0.39 is 0 Å². The van der Waals surface area contributed by atoms with E-state index in [1.807, 2.05) is 6.07 Å². The van der Waals surface area contributed by atoms with E-state index in [0.717, 1.165) is 82.0 Å². The van der Waals surface area contributed by atoms with Gasteiger partial charge in [0, 0.05) is 45.2 Å². The summed E-state index contributed by atoms with van der Waals surface area (Å²) in [6.07, 6.45) is 7.50. The molecule has 0 bridgehead atoms. The van der Waals surface area contributed by atoms with Gasteiger partial charge in [0.1, 0.15) is 0 Å². The summed E-state index contributed by atoms with van der Waals surface area (Å²) in [4.78, 5) is 17.2. The van der Waals surface area contributed by atoms with Gasteiger partial charge in [-0.2, -0.15) is 10.2 Å². The number of likely N-dealkylation sites (N-methyl/N-ethyl adjacent to an activating group) is 1. The van der Waals surface area contributed by atoms with Crippen LogP contribution in [0, 0.1) is 5.92 Å². The number of fused-ring (bicyclic) bond motifs is 2. The second-order valence-electron chi connectivity index (χ2n) is 8.94. The van der Waals surface area contributed by atoms with E-state index >= 15 is 0 Å². The zero-order chi connectivity index (χ0) is 19.8. The standard InChI is InChI=1S/C22H30N6O/c1-26-9-8-19-18(15-26)12-21(24-23-19)27-10-6-16(7-11-27)14-28-22(29)13-17-4-2-3-5-20(17)25-28/h12-13,16H,2-11,14-15H2,1H3. The molecule has 0 N–H and O–H groups in total. The van der Waals surface area contributed by atoms with Crippen LogP contribution >= 0.6 is 0 Å². The lowest BCUT2D eigenvalue weighted by Gasteiger charge is -2.33. The molecule has 29 heavy (non-hydrogen) atoms. The van der Waals surface area contributed by atoms with E-state index in [-0.39, 0.29) is 5.56 Å². The minimum atomic E-state index is 0.0674. The lowest BCUT2D eigenvalue weighted by atomic mass is 9.95. The Bertz CT molecular complexity index is 947. The molecule has 4 heterocycles. The molecule has 0 amide bonds. The van der Waals surface area contributed by atoms with Crippen LogP contribution in [0.1, 0.15) is 48.2 Å². The largest absolute Gasteiger partial charge is 0.355 e. The van der Waals surface area contributed by atoms with Crippen LogP contribution in [-0.2, 0) is 32.4 Å². The van der Waals surface area contributed by atoms with Gasteiger partial charge in [-0.05, 0) is 68.7 Å². The molecule has 1 aliphatic carbocycles. The first kappa shape index (κ1) is 18.7. The zero-order valence-corrected chi connectivity index (χ0v) is 17.3. The summed E-state index contributed by atoms with van der Waals surface area (Å²) < 4.78 is 1.72. The molecule has 1 fully saturated rings. The molecule has 5 rings (SSSR count). The summed E-state index contributed by atoms with van der Waals surface area (Å²) in [5.74, 6) is 1.50. The highest BCUT2D eigenvalue weighted by Gasteiger charge is 2.24. The third kappa shape index (κ3) is 3.92. The van der Waals surface area contributed by atoms with Crippen LogP contribution in [-0.4, -0.2) is 51.6 Å². The molecule has 7 heteroatoms. The summed E-state index contributed by atoms with van der Waals surface area (Å²) in [7, 11) is 2.16. The smallest absolute Gasteiger partial charge is 0.267 e. The van der Waals surface area contributed by atoms with Gasteiger partial charge < -0.3 is 9.80 Å². The molecule has 1 saturated heterocycles. The number of aromatic nitrogens is 4. The SMILES string of the molecule is CN1CCc2nnc(N3CCC(Cn4nc5c(cc4=O)CCCC5)CC3)cc2C1. The molecule has 0 spiro atoms. The number of aryl methyl sites for hydroxylation is 2. The van der Waals surface area contributed by atoms with Crippen molar-refractivity contribution in [1.29, 1.82) is 0 Å². The average Bonchev–Trinajstić information content (AvgIpc) is 2.74. The number of hydrogen-bond acceptors (Lipinski definition) is 6. The van der Waals surface area contributed by atoms with Gasteiger partial charge in [-0.15, -0.1) is 5.10 Å². The number of rotatable bonds is 3. The summed E-state index contributed by atoms with van der Waals surface area (Å²) in [6, 6.07) is 4.06. The molecule has 2 aromatic heterocycles. The normalized spacial score (nSPS) is 20.4. The second kappa shape index (κ2) is 7.86. The Morgan fingerprint density at radius 1 is 0.966 bits per heavy atom. The monoisotopic (exact) mass is 394 g/mol. The van der Waals surface area contributed by atoms with Crippen molar-refractivity contribution in [1.82, 2.24) is 24.9 Å². The summed E-state index contributed by atoms with van der Waals surface area (Å²) in [6.45, 7) is 4.69. The Hall–Kier alpha value is -2.28. The van der Waals surface area contributed by atoms with Gasteiger partial charge in [0.2, 0.25) is 0 Å². The molecule has 0 unspecified atom stereocenters. The molecule has 7 nitrogen and oxygen atoms in total. The molecule has 2 aliphatic heterocycles. The van der Waals surface area contributed by atoms with Crippen molar-refractivity contribution < 1.29 is 0 Å². The second-order valence-corrected chi connectivity index (χ2v) is 8.94. The summed E-state index contributed by atoms with van der Waals surface area (Å²) >= 11 is 0. The third-order valence-electron chi connectivity index (χ3n) is 6.76. The van der Waals surface area contributed by atoms with Crippen LogP contribution in [0.5, 0.6) is 0 Å². The number of nitrogens with zero attached hydrogens (tertiary/aromatic N) is 6. The van der Waals surface area contributed by atoms with Gasteiger partial charge in [-0.3, -0.25) is 4.79 Å². The van der Waals surface area contributed by atoms with E-state index in [4.69, 9.17) is 5.10 Å². The average molecular weight is 395 g/mol. The van der Waals surface area contributed by atoms with Crippen molar-refractivity contribution in [3.63, 3.8) is 0 Å². The molecular weight excluding hydrogens is 364 g/mol. The minimum Gasteiger partial charge on any atom is -0.355 e. The first-order chi connectivity index (χ1) is 14.2. The Labute approximate surface area is 171 Å². The van der Waals surface area contributed by atoms with Crippen LogP contribution in [0.25, 0.3) is 0 Å². The Morgan fingerprint density at radius 2 is 1.79 bits per heavy atom. The molecule has 2 aromatic rings. The Balaban J connectivity index is 1.23. The van der Waals surface area contributed by atoms with Crippen LogP contribution in [0.4, 0.5) is 5.82 Å². The third-order valence-corrected chi connectivity index (χ3v) is 6.76. The topological polar surface area (TPSA) is 67.2 Å². The molecule has 0 saturated carbocycles. The highest BCUT2D eigenvalue weighted by Crippen LogP contribution is 2.25. The van der Waals surface area contributed by atoms with Crippen molar-refractivity contribution >= 4 is 5.82 Å². The lowest BCUT2D eigenvalue weighted by Crippen LogP contribution is -2.38. The summed E-state index contributed by atoms with van der Waals surface area (Å²) in [5.41, 5.74) is 4.85. The van der Waals surface area contributed by atoms with Gasteiger partial charge in [0.05, 0.1) is 11.4 Å². The first-order valence-electron chi connectivity index (χ1n) is 11.0. The number of anilines is 1. The van der Waals surface area contributed by atoms with Gasteiger partial charge >= 0.3 is 0 Å². The molecular formula is C22H30N6O. The van der Waals surface area contributed by atoms with Gasteiger partial charge in [0.25, 0.3) is 5.56 Å². The van der Waals surface area contributed by atoms with Gasteiger partial charge in [0.15, 0.2) is 5.82 Å². The van der Waals surface area contributed by atoms with Crippen molar-refractivity contribution in [2.75, 3.05) is 31.6 Å². The number of hydrogen-bond donors (Lipinski definition) is 0. The minimum absolute atomic E-state index is 0.0674. The van der Waals surface area contributed by atoms with Gasteiger partial charge in [-0.25, -0.2) is 4.68 Å². The first-order valence-corrected chi connectivity index (χ1v) is 11.0. The maximum atomic E-state index is 12.5. The van der Waals surface area contributed by atoms with Crippen molar-refractivity contribution in [2.24, 2.45) is 5.92 Å². The number of piperidine rings is 1. The fraction of sp³-hybridized carbons (Fsp3) is 0.636. The van der Waals surface area contributed by atoms with E-state index in [1.54, 1.807) is 4.68 Å². The maximum Gasteiger partial charge on any atom is 0.267 e. The van der Waals surface area contributed by atoms with Crippen LogP contribution in [0.2, 0.25) is 0 Å². The van der Waals surface area contributed by atoms with Crippen molar-refractivity contribution in [3.05, 3.63) is 45.0 Å². The highest BCUT2D eigenvalue weighted by atomic mass is 16.1. The predicted molar refractivity (Wildman–Crippen MR) is 112 cm³/mol. The predicted octanol–water partition coefficient (Wildman–Crippen LogP) is 1.82. The fourth-order valence-corrected chi connectivity index (χ4v) is 4.93. The highest BCUT2D eigenvalue weighted by molar-refractivity contribution is 5.42. The molecule has 0 radical (unpaired) electrons. The van der Waals surface area contributed by atoms with Crippen LogP contribution < -0.4 is 10.5 Å². The molecule has 0 aromatic carbocycles. The maximum absolute atomic E-state index is 12.5. The summed E-state index contributed by atoms with van der Waals surface area (Å²) in [5, 5.41) is 13.7. The van der Waals surface area contributed by atoms with Crippen molar-refractivity contribution in [2.45, 2.75) is 58.0 Å². The van der Waals surface area contributed by atoms with Crippen molar-refractivity contribution in [3.8, 4) is 0 Å². The quantitative estimate of drug-likeness (QED) is 0.791.